The van der Waals surface area contributed by atoms with Crippen LogP contribution >= 0.6 is 0 Å². The largest absolute Gasteiger partial charge is 0.497 e. The normalized spacial score (nSPS) is 34.7. The second kappa shape index (κ2) is 28.3. The lowest BCUT2D eigenvalue weighted by Crippen LogP contribution is -2.60. The number of aliphatic hydroxyl groups is 3. The van der Waals surface area contributed by atoms with Crippen LogP contribution in [0.4, 0.5) is 9.59 Å². The van der Waals surface area contributed by atoms with Crippen LogP contribution in [-0.2, 0) is 49.2 Å². The molecule has 0 spiro atoms. The van der Waals surface area contributed by atoms with Crippen molar-refractivity contribution in [3.63, 3.8) is 0 Å². The van der Waals surface area contributed by atoms with Crippen molar-refractivity contribution in [2.75, 3.05) is 41.3 Å². The number of amides is 3. The zero-order valence-electron chi connectivity index (χ0n) is 47.7. The molecule has 432 valence electrons. The second-order valence-corrected chi connectivity index (χ2v) is 22.6. The number of rotatable bonds is 14. The number of hydrazine groups is 1. The first kappa shape index (κ1) is 62.9. The minimum atomic E-state index is -1.67. The number of hydrogen-bond donors (Lipinski definition) is 6. The highest BCUT2D eigenvalue weighted by atomic mass is 16.7. The van der Waals surface area contributed by atoms with Gasteiger partial charge < -0.3 is 63.4 Å². The number of nitrogens with one attached hydrogen (secondary N) is 3. The van der Waals surface area contributed by atoms with Gasteiger partial charge in [-0.2, -0.15) is 0 Å². The SMILES string of the molecule is CC[C@H]1OC(=O)[C@H](C)[C@@H](OC2CC(C)(C)[C@@H](OC(=O)NNC(=O)/C=C/c3ccccc3)[C@H](C)O2)[C@H](C)[C@@H](O[C@@H]2O[C@H](C)C[C@H](N(C)C)[C@H]2O)[C@@](C)(O)C[C@@H](C)CN(C)[C@H](C)[C@@H](OC(=O)NCCc2ccc(OC)cc2)[C@H]1O. The summed E-state index contributed by atoms with van der Waals surface area (Å²) in [4.78, 5) is 57.9. The van der Waals surface area contributed by atoms with Crippen LogP contribution in [0.3, 0.4) is 0 Å². The minimum Gasteiger partial charge on any atom is -0.497 e. The number of benzene rings is 2. The van der Waals surface area contributed by atoms with Crippen LogP contribution in [0.1, 0.15) is 106 Å². The topological polar surface area (TPSA) is 245 Å². The molecule has 2 aromatic carbocycles. The van der Waals surface area contributed by atoms with Crippen molar-refractivity contribution in [2.45, 2.75) is 187 Å². The van der Waals surface area contributed by atoms with E-state index in [1.807, 2.05) is 120 Å². The van der Waals surface area contributed by atoms with Gasteiger partial charge in [0.05, 0.1) is 43.0 Å². The van der Waals surface area contributed by atoms with Crippen LogP contribution in [0.15, 0.2) is 60.7 Å². The van der Waals surface area contributed by atoms with E-state index in [1.54, 1.807) is 47.8 Å². The van der Waals surface area contributed by atoms with E-state index in [4.69, 9.17) is 37.9 Å². The number of cyclic esters (lactones) is 1. The number of methoxy groups -OCH3 is 1. The molecule has 0 aromatic heterocycles. The lowest BCUT2D eigenvalue weighted by molar-refractivity contribution is -0.312. The van der Waals surface area contributed by atoms with E-state index >= 15 is 0 Å². The molecule has 2 aromatic rings. The number of carbonyl (C=O) groups is 4. The Kier molecular flexibility index (Phi) is 23.1. The number of alkyl carbamates (subject to hydrolysis) is 1. The van der Waals surface area contributed by atoms with Gasteiger partial charge in [-0.05, 0) is 117 Å². The van der Waals surface area contributed by atoms with Crippen LogP contribution in [0.2, 0.25) is 0 Å². The quantitative estimate of drug-likeness (QED) is 0.0584. The van der Waals surface area contributed by atoms with E-state index in [-0.39, 0.29) is 43.9 Å². The molecule has 3 aliphatic heterocycles. The molecule has 0 bridgehead atoms. The smallest absolute Gasteiger partial charge is 0.426 e. The molecule has 3 aliphatic rings. The molecule has 1 unspecified atom stereocenters. The fraction of sp³-hybridized carbons (Fsp3) is 0.684. The first-order valence-electron chi connectivity index (χ1n) is 27.1. The van der Waals surface area contributed by atoms with Gasteiger partial charge in [0.1, 0.15) is 36.3 Å². The van der Waals surface area contributed by atoms with Crippen LogP contribution in [0, 0.1) is 23.2 Å². The van der Waals surface area contributed by atoms with Crippen LogP contribution in [-0.4, -0.2) is 176 Å². The molecular formula is C57H89N5O15. The average molecular weight is 1080 g/mol. The summed E-state index contributed by atoms with van der Waals surface area (Å²) in [6, 6.07) is 15.7. The van der Waals surface area contributed by atoms with Crippen molar-refractivity contribution in [1.29, 1.82) is 0 Å². The van der Waals surface area contributed by atoms with Crippen molar-refractivity contribution < 1.29 is 72.4 Å². The van der Waals surface area contributed by atoms with Crippen molar-refractivity contribution in [2.24, 2.45) is 23.2 Å². The fourth-order valence-corrected chi connectivity index (χ4v) is 11.1. The number of aliphatic hydroxyl groups excluding tert-OH is 2. The summed E-state index contributed by atoms with van der Waals surface area (Å²) in [6.07, 6.45) is -8.66. The van der Waals surface area contributed by atoms with Gasteiger partial charge in [-0.1, -0.05) is 77.1 Å². The Morgan fingerprint density at radius 2 is 1.53 bits per heavy atom. The molecule has 3 amide bonds. The van der Waals surface area contributed by atoms with E-state index in [9.17, 15) is 34.5 Å². The van der Waals surface area contributed by atoms with E-state index in [0.29, 0.717) is 25.1 Å². The molecule has 0 radical (unpaired) electrons. The zero-order valence-corrected chi connectivity index (χ0v) is 47.7. The molecule has 17 atom stereocenters. The predicted octanol–water partition coefficient (Wildman–Crippen LogP) is 5.60. The van der Waals surface area contributed by atoms with Gasteiger partial charge in [-0.3, -0.25) is 19.9 Å². The summed E-state index contributed by atoms with van der Waals surface area (Å²) in [6.45, 7) is 18.6. The van der Waals surface area contributed by atoms with Gasteiger partial charge in [0, 0.05) is 49.0 Å². The van der Waals surface area contributed by atoms with Crippen LogP contribution in [0.5, 0.6) is 5.75 Å². The van der Waals surface area contributed by atoms with Gasteiger partial charge in [-0.15, -0.1) is 0 Å². The average Bonchev–Trinajstić information content (AvgIpc) is 3.39. The molecule has 6 N–H and O–H groups in total. The lowest BCUT2D eigenvalue weighted by atomic mass is 9.77. The number of nitrogens with zero attached hydrogens (tertiary/aromatic N) is 2. The van der Waals surface area contributed by atoms with Crippen molar-refractivity contribution in [3.05, 3.63) is 71.8 Å². The van der Waals surface area contributed by atoms with E-state index in [1.165, 1.54) is 6.08 Å². The summed E-state index contributed by atoms with van der Waals surface area (Å²) in [5, 5.41) is 39.7. The van der Waals surface area contributed by atoms with Gasteiger partial charge in [0.15, 0.2) is 12.6 Å². The Bertz CT molecular complexity index is 2220. The third kappa shape index (κ3) is 17.5. The molecule has 0 saturated carbocycles. The first-order chi connectivity index (χ1) is 36.2. The summed E-state index contributed by atoms with van der Waals surface area (Å²) in [5.41, 5.74) is 3.92. The highest BCUT2D eigenvalue weighted by Crippen LogP contribution is 2.42. The lowest BCUT2D eigenvalue weighted by Gasteiger charge is -2.49. The van der Waals surface area contributed by atoms with Gasteiger partial charge in [-0.25, -0.2) is 15.0 Å². The predicted molar refractivity (Wildman–Crippen MR) is 288 cm³/mol. The third-order valence-corrected chi connectivity index (χ3v) is 15.3. The maximum Gasteiger partial charge on any atom is 0.426 e. The Labute approximate surface area is 455 Å². The van der Waals surface area contributed by atoms with Gasteiger partial charge in [0.2, 0.25) is 0 Å². The number of esters is 1. The molecule has 20 nitrogen and oxygen atoms in total. The zero-order chi connectivity index (χ0) is 56.9. The standard InChI is InChI=1S/C57H89N5O15/c1-15-43-47(65)49(75-54(67)58-28-27-40-21-24-41(70-14)25-22-40)37(6)62(13)32-33(2)30-57(10,69)50(76-53-46(64)42(61(11)12)29-34(3)71-53)35(4)48(36(5)52(66)73-43)74-45-31-56(8,9)51(38(7)72-45)77-55(68)60-59-44(63)26-23-39-19-17-16-18-20-39/h16-26,33-38,42-43,45-51,53,64-65,69H,15,27-32H2,1-14H3,(H,58,67)(H,59,63)(H,60,68)/b26-23+/t33-,34-,35+,36-,37-,38+,42+,43-,45?,46-,47+,48+,49-,50-,51+,53+,57+/m1/s1. The molecule has 3 fully saturated rings. The summed E-state index contributed by atoms with van der Waals surface area (Å²) in [7, 11) is 7.16. The van der Waals surface area contributed by atoms with Crippen molar-refractivity contribution in [3.8, 4) is 5.75 Å². The van der Waals surface area contributed by atoms with Crippen LogP contribution in [0.25, 0.3) is 6.08 Å². The minimum absolute atomic E-state index is 0.145. The summed E-state index contributed by atoms with van der Waals surface area (Å²) < 4.78 is 50.0. The molecule has 0 aliphatic carbocycles. The molecule has 3 heterocycles. The van der Waals surface area contributed by atoms with Gasteiger partial charge in [0.25, 0.3) is 5.91 Å². The second-order valence-electron chi connectivity index (χ2n) is 22.6. The molecule has 3 saturated heterocycles. The van der Waals surface area contributed by atoms with E-state index < -0.39 is 114 Å². The summed E-state index contributed by atoms with van der Waals surface area (Å²) >= 11 is 0. The maximum absolute atomic E-state index is 14.8. The number of likely N-dealkylation sites (N-methyl/N-ethyl adjacent to an activating group) is 2. The van der Waals surface area contributed by atoms with E-state index in [2.05, 4.69) is 16.2 Å². The molecule has 20 heteroatoms. The number of carbonyl (C=O) groups excluding carboxylic acids is 4. The summed E-state index contributed by atoms with van der Waals surface area (Å²) in [5.74, 6) is -2.84. The van der Waals surface area contributed by atoms with E-state index in [0.717, 1.165) is 11.1 Å². The van der Waals surface area contributed by atoms with Gasteiger partial charge >= 0.3 is 18.2 Å². The Morgan fingerprint density at radius 1 is 0.857 bits per heavy atom. The monoisotopic (exact) mass is 1080 g/mol. The Morgan fingerprint density at radius 3 is 2.16 bits per heavy atom. The van der Waals surface area contributed by atoms with Crippen molar-refractivity contribution >= 4 is 30.1 Å². The number of ether oxygens (including phenoxy) is 8. The molecule has 5 rings (SSSR count). The molecule has 77 heavy (non-hydrogen) atoms. The number of hydrogen-bond acceptors (Lipinski definition) is 17. The maximum atomic E-state index is 14.8. The Balaban J connectivity index is 1.44. The van der Waals surface area contributed by atoms with Crippen LogP contribution < -0.4 is 20.9 Å². The Hall–Kier alpha value is -4.90. The molecular weight excluding hydrogens is 995 g/mol. The fourth-order valence-electron chi connectivity index (χ4n) is 11.1. The highest BCUT2D eigenvalue weighted by molar-refractivity contribution is 5.92. The first-order valence-corrected chi connectivity index (χ1v) is 27.1. The van der Waals surface area contributed by atoms with Crippen molar-refractivity contribution in [1.82, 2.24) is 26.0 Å². The third-order valence-electron chi connectivity index (χ3n) is 15.3. The highest BCUT2D eigenvalue weighted by Gasteiger charge is 2.52.